The summed E-state index contributed by atoms with van der Waals surface area (Å²) in [5, 5.41) is 4.18. The molecule has 0 spiro atoms. The smallest absolute Gasteiger partial charge is 0.233 e. The predicted molar refractivity (Wildman–Crippen MR) is 41.6 cm³/mol. The van der Waals surface area contributed by atoms with Gasteiger partial charge in [0.1, 0.15) is 6.10 Å². The van der Waals surface area contributed by atoms with Crippen LogP contribution in [0, 0.1) is 6.92 Å². The summed E-state index contributed by atoms with van der Waals surface area (Å²) in [6.45, 7) is 2.02. The third-order valence-electron chi connectivity index (χ3n) is 1.90. The molecule has 0 radical (unpaired) electrons. The van der Waals surface area contributed by atoms with Gasteiger partial charge in [0.25, 0.3) is 0 Å². The van der Waals surface area contributed by atoms with E-state index in [9.17, 15) is 0 Å². The van der Waals surface area contributed by atoms with Crippen LogP contribution >= 0.6 is 0 Å². The molecule has 1 fully saturated rings. The predicted octanol–water partition coefficient (Wildman–Crippen LogP) is 1.27. The van der Waals surface area contributed by atoms with Gasteiger partial charge in [-0.3, -0.25) is 4.68 Å². The monoisotopic (exact) mass is 152 g/mol. The molecule has 3 heteroatoms. The van der Waals surface area contributed by atoms with Gasteiger partial charge in [0.2, 0.25) is 5.88 Å². The first-order valence-electron chi connectivity index (χ1n) is 3.93. The SMILES string of the molecule is Cc1cc(OC2CC2)nn1C. The summed E-state index contributed by atoms with van der Waals surface area (Å²) in [4.78, 5) is 0. The molecule has 1 saturated carbocycles. The Labute approximate surface area is 66.0 Å². The molecule has 0 N–H and O–H groups in total. The third kappa shape index (κ3) is 1.37. The summed E-state index contributed by atoms with van der Waals surface area (Å²) < 4.78 is 7.33. The average molecular weight is 152 g/mol. The van der Waals surface area contributed by atoms with Gasteiger partial charge < -0.3 is 4.74 Å². The lowest BCUT2D eigenvalue weighted by molar-refractivity contribution is 0.288. The highest BCUT2D eigenvalue weighted by Crippen LogP contribution is 2.25. The van der Waals surface area contributed by atoms with Crippen molar-refractivity contribution >= 4 is 0 Å². The number of hydrogen-bond acceptors (Lipinski definition) is 2. The maximum absolute atomic E-state index is 5.50. The molecule has 1 aromatic heterocycles. The van der Waals surface area contributed by atoms with Crippen LogP contribution in [-0.4, -0.2) is 15.9 Å². The molecular weight excluding hydrogens is 140 g/mol. The van der Waals surface area contributed by atoms with E-state index in [0.717, 1.165) is 11.6 Å². The standard InChI is InChI=1S/C8H12N2O/c1-6-5-8(9-10(6)2)11-7-3-4-7/h5,7H,3-4H2,1-2H3. The van der Waals surface area contributed by atoms with Crippen molar-refractivity contribution in [3.63, 3.8) is 0 Å². The molecule has 1 aromatic rings. The topological polar surface area (TPSA) is 27.1 Å². The Hall–Kier alpha value is -0.990. The van der Waals surface area contributed by atoms with Crippen LogP contribution in [0.1, 0.15) is 18.5 Å². The molecule has 0 saturated heterocycles. The van der Waals surface area contributed by atoms with E-state index in [1.165, 1.54) is 12.8 Å². The first-order chi connectivity index (χ1) is 5.25. The van der Waals surface area contributed by atoms with E-state index in [1.807, 2.05) is 24.7 Å². The Balaban J connectivity index is 2.11. The molecule has 2 rings (SSSR count). The van der Waals surface area contributed by atoms with Crippen LogP contribution < -0.4 is 4.74 Å². The van der Waals surface area contributed by atoms with E-state index >= 15 is 0 Å². The summed E-state index contributed by atoms with van der Waals surface area (Å²) in [6, 6.07) is 1.97. The van der Waals surface area contributed by atoms with Gasteiger partial charge in [0.05, 0.1) is 0 Å². The van der Waals surface area contributed by atoms with Crippen molar-refractivity contribution < 1.29 is 4.74 Å². The number of hydrogen-bond donors (Lipinski definition) is 0. The molecule has 1 heterocycles. The van der Waals surface area contributed by atoms with Crippen molar-refractivity contribution in [1.82, 2.24) is 9.78 Å². The van der Waals surface area contributed by atoms with Gasteiger partial charge in [-0.25, -0.2) is 0 Å². The highest BCUT2D eigenvalue weighted by Gasteiger charge is 2.24. The Kier molecular flexibility index (Phi) is 1.37. The zero-order chi connectivity index (χ0) is 7.84. The first-order valence-corrected chi connectivity index (χ1v) is 3.93. The molecule has 0 bridgehead atoms. The molecular formula is C8H12N2O. The summed E-state index contributed by atoms with van der Waals surface area (Å²) in [7, 11) is 1.93. The van der Waals surface area contributed by atoms with E-state index in [2.05, 4.69) is 5.10 Å². The van der Waals surface area contributed by atoms with Crippen molar-refractivity contribution in [3.8, 4) is 5.88 Å². The zero-order valence-corrected chi connectivity index (χ0v) is 6.87. The molecule has 1 aliphatic rings. The van der Waals surface area contributed by atoms with Crippen LogP contribution in [0.2, 0.25) is 0 Å². The molecule has 1 aliphatic carbocycles. The summed E-state index contributed by atoms with van der Waals surface area (Å²) >= 11 is 0. The van der Waals surface area contributed by atoms with Crippen molar-refractivity contribution in [3.05, 3.63) is 11.8 Å². The molecule has 11 heavy (non-hydrogen) atoms. The zero-order valence-electron chi connectivity index (χ0n) is 6.87. The second kappa shape index (κ2) is 2.26. The van der Waals surface area contributed by atoms with Gasteiger partial charge in [0.15, 0.2) is 0 Å². The Morgan fingerprint density at radius 3 is 2.82 bits per heavy atom. The molecule has 60 valence electrons. The fourth-order valence-electron chi connectivity index (χ4n) is 0.942. The normalized spacial score (nSPS) is 16.9. The minimum absolute atomic E-state index is 0.448. The van der Waals surface area contributed by atoms with Crippen LogP contribution in [0.25, 0.3) is 0 Å². The highest BCUT2D eigenvalue weighted by atomic mass is 16.5. The van der Waals surface area contributed by atoms with Crippen LogP contribution in [0.4, 0.5) is 0 Å². The number of nitrogens with zero attached hydrogens (tertiary/aromatic N) is 2. The highest BCUT2D eigenvalue weighted by molar-refractivity contribution is 5.14. The largest absolute Gasteiger partial charge is 0.473 e. The minimum atomic E-state index is 0.448. The summed E-state index contributed by atoms with van der Waals surface area (Å²) in [5.74, 6) is 0.771. The second-order valence-electron chi connectivity index (χ2n) is 3.06. The lowest BCUT2D eigenvalue weighted by atomic mass is 10.5. The van der Waals surface area contributed by atoms with E-state index < -0.39 is 0 Å². The maximum Gasteiger partial charge on any atom is 0.233 e. The Bertz CT molecular complexity index is 244. The van der Waals surface area contributed by atoms with Crippen LogP contribution in [0.15, 0.2) is 6.07 Å². The first kappa shape index (κ1) is 6.70. The van der Waals surface area contributed by atoms with Gasteiger partial charge in [-0.1, -0.05) is 0 Å². The van der Waals surface area contributed by atoms with Crippen molar-refractivity contribution in [2.24, 2.45) is 7.05 Å². The van der Waals surface area contributed by atoms with Crippen molar-refractivity contribution in [2.75, 3.05) is 0 Å². The maximum atomic E-state index is 5.50. The Morgan fingerprint density at radius 1 is 1.64 bits per heavy atom. The van der Waals surface area contributed by atoms with Crippen LogP contribution in [-0.2, 0) is 7.05 Å². The molecule has 0 unspecified atom stereocenters. The summed E-state index contributed by atoms with van der Waals surface area (Å²) in [6.07, 6.45) is 2.83. The summed E-state index contributed by atoms with van der Waals surface area (Å²) in [5.41, 5.74) is 1.14. The molecule has 0 aliphatic heterocycles. The molecule has 0 atom stereocenters. The number of aryl methyl sites for hydroxylation is 2. The number of rotatable bonds is 2. The lowest BCUT2D eigenvalue weighted by Crippen LogP contribution is -1.97. The molecule has 0 amide bonds. The molecule has 0 aromatic carbocycles. The van der Waals surface area contributed by atoms with Crippen LogP contribution in [0.5, 0.6) is 5.88 Å². The third-order valence-corrected chi connectivity index (χ3v) is 1.90. The number of ether oxygens (including phenoxy) is 1. The van der Waals surface area contributed by atoms with E-state index in [4.69, 9.17) is 4.74 Å². The van der Waals surface area contributed by atoms with E-state index in [-0.39, 0.29) is 0 Å². The Morgan fingerprint density at radius 2 is 2.36 bits per heavy atom. The fraction of sp³-hybridized carbons (Fsp3) is 0.625. The van der Waals surface area contributed by atoms with Crippen molar-refractivity contribution in [1.29, 1.82) is 0 Å². The molecule has 3 nitrogen and oxygen atoms in total. The van der Waals surface area contributed by atoms with Gasteiger partial charge in [0, 0.05) is 18.8 Å². The number of aromatic nitrogens is 2. The van der Waals surface area contributed by atoms with Gasteiger partial charge >= 0.3 is 0 Å². The van der Waals surface area contributed by atoms with Crippen LogP contribution in [0.3, 0.4) is 0 Å². The van der Waals surface area contributed by atoms with Crippen molar-refractivity contribution in [2.45, 2.75) is 25.9 Å². The van der Waals surface area contributed by atoms with E-state index in [0.29, 0.717) is 6.10 Å². The van der Waals surface area contributed by atoms with E-state index in [1.54, 1.807) is 0 Å². The van der Waals surface area contributed by atoms with Gasteiger partial charge in [-0.2, -0.15) is 0 Å². The fourth-order valence-corrected chi connectivity index (χ4v) is 0.942. The van der Waals surface area contributed by atoms with Gasteiger partial charge in [-0.05, 0) is 19.8 Å². The van der Waals surface area contributed by atoms with Gasteiger partial charge in [-0.15, -0.1) is 5.10 Å². The average Bonchev–Trinajstić information content (AvgIpc) is 2.65. The second-order valence-corrected chi connectivity index (χ2v) is 3.06. The lowest BCUT2D eigenvalue weighted by Gasteiger charge is -1.96. The minimum Gasteiger partial charge on any atom is -0.473 e. The quantitative estimate of drug-likeness (QED) is 0.638.